The number of hydrogen-bond donors (Lipinski definition) is 1. The van der Waals surface area contributed by atoms with E-state index in [4.69, 9.17) is 10.5 Å². The van der Waals surface area contributed by atoms with Crippen molar-refractivity contribution in [2.75, 3.05) is 6.61 Å². The SMILES string of the molecule is NC(COc1c(F)cccc1F)c1ccccc1. The largest absolute Gasteiger partial charge is 0.486 e. The van der Waals surface area contributed by atoms with Crippen LogP contribution < -0.4 is 10.5 Å². The number of rotatable bonds is 4. The monoisotopic (exact) mass is 249 g/mol. The van der Waals surface area contributed by atoms with E-state index in [-0.39, 0.29) is 12.4 Å². The Labute approximate surface area is 104 Å². The van der Waals surface area contributed by atoms with Crippen LogP contribution in [-0.4, -0.2) is 6.61 Å². The number of hydrogen-bond acceptors (Lipinski definition) is 2. The van der Waals surface area contributed by atoms with Crippen LogP contribution in [0.4, 0.5) is 8.78 Å². The molecule has 0 radical (unpaired) electrons. The maximum Gasteiger partial charge on any atom is 0.190 e. The van der Waals surface area contributed by atoms with Crippen LogP contribution in [0.15, 0.2) is 48.5 Å². The van der Waals surface area contributed by atoms with E-state index in [0.29, 0.717) is 0 Å². The minimum absolute atomic E-state index is 0.0157. The van der Waals surface area contributed by atoms with Crippen molar-refractivity contribution in [1.82, 2.24) is 0 Å². The van der Waals surface area contributed by atoms with Crippen molar-refractivity contribution >= 4 is 0 Å². The van der Waals surface area contributed by atoms with E-state index in [1.54, 1.807) is 0 Å². The average molecular weight is 249 g/mol. The maximum absolute atomic E-state index is 13.3. The Morgan fingerprint density at radius 1 is 0.944 bits per heavy atom. The molecule has 0 saturated heterocycles. The zero-order valence-corrected chi connectivity index (χ0v) is 9.64. The van der Waals surface area contributed by atoms with Crippen molar-refractivity contribution in [3.63, 3.8) is 0 Å². The maximum atomic E-state index is 13.3. The summed E-state index contributed by atoms with van der Waals surface area (Å²) in [5.41, 5.74) is 6.73. The minimum atomic E-state index is -0.727. The third kappa shape index (κ3) is 2.84. The van der Waals surface area contributed by atoms with Gasteiger partial charge in [-0.3, -0.25) is 0 Å². The molecule has 0 spiro atoms. The molecule has 0 aliphatic rings. The molecule has 94 valence electrons. The van der Waals surface area contributed by atoms with Crippen LogP contribution in [0, 0.1) is 11.6 Å². The van der Waals surface area contributed by atoms with Gasteiger partial charge in [0.2, 0.25) is 0 Å². The molecule has 2 aromatic rings. The van der Waals surface area contributed by atoms with E-state index >= 15 is 0 Å². The normalized spacial score (nSPS) is 12.2. The molecule has 4 heteroatoms. The van der Waals surface area contributed by atoms with Crippen LogP contribution in [-0.2, 0) is 0 Å². The quantitative estimate of drug-likeness (QED) is 0.903. The molecule has 0 aliphatic carbocycles. The average Bonchev–Trinajstić information content (AvgIpc) is 2.39. The van der Waals surface area contributed by atoms with Crippen LogP contribution >= 0.6 is 0 Å². The Morgan fingerprint density at radius 2 is 1.56 bits per heavy atom. The van der Waals surface area contributed by atoms with Crippen LogP contribution in [0.3, 0.4) is 0 Å². The van der Waals surface area contributed by atoms with Gasteiger partial charge < -0.3 is 10.5 Å². The number of para-hydroxylation sites is 1. The Kier molecular flexibility index (Phi) is 3.89. The summed E-state index contributed by atoms with van der Waals surface area (Å²) >= 11 is 0. The molecule has 0 aromatic heterocycles. The smallest absolute Gasteiger partial charge is 0.190 e. The van der Waals surface area contributed by atoms with Gasteiger partial charge in [0.1, 0.15) is 6.61 Å². The van der Waals surface area contributed by atoms with Crippen LogP contribution in [0.1, 0.15) is 11.6 Å². The first kappa shape index (κ1) is 12.5. The predicted molar refractivity (Wildman–Crippen MR) is 65.2 cm³/mol. The molecule has 0 heterocycles. The van der Waals surface area contributed by atoms with Crippen LogP contribution in [0.2, 0.25) is 0 Å². The molecule has 2 aromatic carbocycles. The lowest BCUT2D eigenvalue weighted by molar-refractivity contribution is 0.263. The van der Waals surface area contributed by atoms with Gasteiger partial charge in [-0.15, -0.1) is 0 Å². The van der Waals surface area contributed by atoms with Crippen LogP contribution in [0.5, 0.6) is 5.75 Å². The van der Waals surface area contributed by atoms with Crippen molar-refractivity contribution in [2.45, 2.75) is 6.04 Å². The lowest BCUT2D eigenvalue weighted by Crippen LogP contribution is -2.19. The molecular weight excluding hydrogens is 236 g/mol. The topological polar surface area (TPSA) is 35.2 Å². The first-order valence-electron chi connectivity index (χ1n) is 5.56. The van der Waals surface area contributed by atoms with E-state index in [2.05, 4.69) is 0 Å². The van der Waals surface area contributed by atoms with Gasteiger partial charge >= 0.3 is 0 Å². The van der Waals surface area contributed by atoms with Crippen molar-refractivity contribution in [3.05, 3.63) is 65.7 Å². The Morgan fingerprint density at radius 3 is 2.17 bits per heavy atom. The molecule has 0 bridgehead atoms. The molecule has 0 saturated carbocycles. The fraction of sp³-hybridized carbons (Fsp3) is 0.143. The predicted octanol–water partition coefficient (Wildman–Crippen LogP) is 3.04. The van der Waals surface area contributed by atoms with Gasteiger partial charge in [-0.25, -0.2) is 8.78 Å². The summed E-state index contributed by atoms with van der Waals surface area (Å²) in [7, 11) is 0. The second kappa shape index (κ2) is 5.60. The van der Waals surface area contributed by atoms with Gasteiger partial charge in [-0.1, -0.05) is 36.4 Å². The highest BCUT2D eigenvalue weighted by molar-refractivity contribution is 5.26. The zero-order chi connectivity index (χ0) is 13.0. The minimum Gasteiger partial charge on any atom is -0.486 e. The molecule has 1 unspecified atom stereocenters. The zero-order valence-electron chi connectivity index (χ0n) is 9.64. The first-order valence-corrected chi connectivity index (χ1v) is 5.56. The summed E-state index contributed by atoms with van der Waals surface area (Å²) in [5.74, 6) is -1.84. The first-order chi connectivity index (χ1) is 8.68. The van der Waals surface area contributed by atoms with Crippen molar-refractivity contribution in [1.29, 1.82) is 0 Å². The number of nitrogens with two attached hydrogens (primary N) is 1. The van der Waals surface area contributed by atoms with Gasteiger partial charge in [-0.05, 0) is 17.7 Å². The number of ether oxygens (including phenoxy) is 1. The Balaban J connectivity index is 2.04. The standard InChI is InChI=1S/C14H13F2NO/c15-11-7-4-8-12(16)14(11)18-9-13(17)10-5-2-1-3-6-10/h1-8,13H,9,17H2. The summed E-state index contributed by atoms with van der Waals surface area (Å²) < 4.78 is 31.7. The Bertz CT molecular complexity index is 496. The summed E-state index contributed by atoms with van der Waals surface area (Å²) in [6, 6.07) is 12.4. The van der Waals surface area contributed by atoms with E-state index < -0.39 is 17.7 Å². The van der Waals surface area contributed by atoms with Crippen molar-refractivity contribution < 1.29 is 13.5 Å². The number of benzene rings is 2. The highest BCUT2D eigenvalue weighted by atomic mass is 19.1. The van der Waals surface area contributed by atoms with Gasteiger partial charge in [-0.2, -0.15) is 0 Å². The summed E-state index contributed by atoms with van der Waals surface area (Å²) in [6.45, 7) is 0.0157. The van der Waals surface area contributed by atoms with E-state index in [1.807, 2.05) is 30.3 Å². The highest BCUT2D eigenvalue weighted by Crippen LogP contribution is 2.22. The van der Waals surface area contributed by atoms with E-state index in [9.17, 15) is 8.78 Å². The lowest BCUT2D eigenvalue weighted by atomic mass is 10.1. The Hall–Kier alpha value is -1.94. The third-order valence-electron chi connectivity index (χ3n) is 2.55. The lowest BCUT2D eigenvalue weighted by Gasteiger charge is -2.14. The highest BCUT2D eigenvalue weighted by Gasteiger charge is 2.12. The molecule has 2 N–H and O–H groups in total. The third-order valence-corrected chi connectivity index (χ3v) is 2.55. The summed E-state index contributed by atoms with van der Waals surface area (Å²) in [5, 5.41) is 0. The second-order valence-electron chi connectivity index (χ2n) is 3.88. The molecule has 0 aliphatic heterocycles. The van der Waals surface area contributed by atoms with Gasteiger partial charge in [0, 0.05) is 0 Å². The van der Waals surface area contributed by atoms with Crippen molar-refractivity contribution in [2.24, 2.45) is 5.73 Å². The molecule has 2 rings (SSSR count). The molecule has 2 nitrogen and oxygen atoms in total. The summed E-state index contributed by atoms with van der Waals surface area (Å²) in [4.78, 5) is 0. The van der Waals surface area contributed by atoms with Gasteiger partial charge in [0.25, 0.3) is 0 Å². The molecule has 18 heavy (non-hydrogen) atoms. The fourth-order valence-electron chi connectivity index (χ4n) is 1.59. The van der Waals surface area contributed by atoms with E-state index in [1.165, 1.54) is 6.07 Å². The van der Waals surface area contributed by atoms with E-state index in [0.717, 1.165) is 17.7 Å². The van der Waals surface area contributed by atoms with Gasteiger partial charge in [0.05, 0.1) is 6.04 Å². The number of halogens is 2. The summed E-state index contributed by atoms with van der Waals surface area (Å²) in [6.07, 6.45) is 0. The van der Waals surface area contributed by atoms with Gasteiger partial charge in [0.15, 0.2) is 17.4 Å². The molecular formula is C14H13F2NO. The molecule has 0 fully saturated rings. The van der Waals surface area contributed by atoms with Crippen LogP contribution in [0.25, 0.3) is 0 Å². The molecule has 0 amide bonds. The van der Waals surface area contributed by atoms with Crippen molar-refractivity contribution in [3.8, 4) is 5.75 Å². The fourth-order valence-corrected chi connectivity index (χ4v) is 1.59. The second-order valence-corrected chi connectivity index (χ2v) is 3.88. The molecule has 1 atom stereocenters.